The Morgan fingerprint density at radius 1 is 1.06 bits per heavy atom. The molecule has 8 heteroatoms. The van der Waals surface area contributed by atoms with E-state index in [-0.39, 0.29) is 0 Å². The molecule has 0 aliphatic carbocycles. The Labute approximate surface area is 201 Å². The lowest BCUT2D eigenvalue weighted by Crippen LogP contribution is -2.00. The number of halogens is 2. The summed E-state index contributed by atoms with van der Waals surface area (Å²) in [6.07, 6.45) is 3.32. The van der Waals surface area contributed by atoms with Crippen molar-refractivity contribution in [1.82, 2.24) is 14.9 Å². The van der Waals surface area contributed by atoms with Crippen LogP contribution in [0.4, 0.5) is 0 Å². The molecule has 0 bridgehead atoms. The minimum Gasteiger partial charge on any atom is -0.488 e. The van der Waals surface area contributed by atoms with Crippen molar-refractivity contribution in [2.24, 2.45) is 5.10 Å². The highest BCUT2D eigenvalue weighted by Gasteiger charge is 2.07. The second kappa shape index (κ2) is 10.7. The number of aryl methyl sites for hydroxylation is 1. The maximum atomic E-state index is 6.25. The quantitative estimate of drug-likeness (QED) is 0.208. The number of ether oxygens (including phenoxy) is 1. The minimum atomic E-state index is 0.325. The van der Waals surface area contributed by atoms with Crippen molar-refractivity contribution < 1.29 is 4.74 Å². The van der Waals surface area contributed by atoms with Gasteiger partial charge in [0.05, 0.1) is 6.21 Å². The summed E-state index contributed by atoms with van der Waals surface area (Å²) in [6.45, 7) is 2.40. The molecule has 4 aromatic rings. The first kappa shape index (κ1) is 22.4. The molecule has 0 saturated carbocycles. The van der Waals surface area contributed by atoms with Gasteiger partial charge in [-0.15, -0.1) is 10.2 Å². The highest BCUT2D eigenvalue weighted by Crippen LogP contribution is 2.24. The molecular formula is C24H20Cl2N4OS. The molecule has 0 spiro atoms. The standard InChI is InChI=1S/C24H20Cl2N4OS/c1-17-6-8-18(9-7-17)15-32-24-29-27-16-30(24)28-13-19-4-2-3-5-23(19)31-14-20-10-11-21(25)12-22(20)26/h2-13,16H,14-15H2,1H3/b28-13+. The predicted octanol–water partition coefficient (Wildman–Crippen LogP) is 6.65. The van der Waals surface area contributed by atoms with Crippen molar-refractivity contribution in [1.29, 1.82) is 0 Å². The number of para-hydroxylation sites is 1. The van der Waals surface area contributed by atoms with E-state index >= 15 is 0 Å². The van der Waals surface area contributed by atoms with Crippen molar-refractivity contribution in [3.63, 3.8) is 0 Å². The summed E-state index contributed by atoms with van der Waals surface area (Å²) in [5.74, 6) is 1.49. The lowest BCUT2D eigenvalue weighted by Gasteiger charge is -2.10. The van der Waals surface area contributed by atoms with Crippen molar-refractivity contribution in [3.05, 3.63) is 105 Å². The number of rotatable bonds is 8. The third-order valence-corrected chi connectivity index (χ3v) is 6.22. The number of hydrogen-bond donors (Lipinski definition) is 0. The van der Waals surface area contributed by atoms with Crippen LogP contribution in [0.3, 0.4) is 0 Å². The average Bonchev–Trinajstić information content (AvgIpc) is 3.25. The van der Waals surface area contributed by atoms with E-state index in [1.54, 1.807) is 41.1 Å². The second-order valence-electron chi connectivity index (χ2n) is 7.04. The van der Waals surface area contributed by atoms with Gasteiger partial charge in [0.2, 0.25) is 5.16 Å². The molecule has 0 amide bonds. The van der Waals surface area contributed by atoms with E-state index in [2.05, 4.69) is 46.5 Å². The zero-order chi connectivity index (χ0) is 22.3. The molecule has 162 valence electrons. The number of aromatic nitrogens is 3. The summed E-state index contributed by atoms with van der Waals surface area (Å²) in [4.78, 5) is 0. The number of benzene rings is 3. The van der Waals surface area contributed by atoms with Crippen LogP contribution in [0.2, 0.25) is 10.0 Å². The lowest BCUT2D eigenvalue weighted by atomic mass is 10.2. The Morgan fingerprint density at radius 3 is 2.69 bits per heavy atom. The van der Waals surface area contributed by atoms with Gasteiger partial charge in [0.25, 0.3) is 0 Å². The fourth-order valence-corrected chi connectivity index (χ4v) is 4.15. The van der Waals surface area contributed by atoms with Crippen LogP contribution in [0.15, 0.2) is 83.3 Å². The predicted molar refractivity (Wildman–Crippen MR) is 131 cm³/mol. The summed E-state index contributed by atoms with van der Waals surface area (Å²) in [5.41, 5.74) is 4.15. The van der Waals surface area contributed by atoms with Crippen LogP contribution >= 0.6 is 35.0 Å². The van der Waals surface area contributed by atoms with Crippen molar-refractivity contribution in [3.8, 4) is 5.75 Å². The molecule has 0 N–H and O–H groups in total. The van der Waals surface area contributed by atoms with Crippen LogP contribution in [-0.2, 0) is 12.4 Å². The molecule has 32 heavy (non-hydrogen) atoms. The van der Waals surface area contributed by atoms with Gasteiger partial charge >= 0.3 is 0 Å². The average molecular weight is 483 g/mol. The first-order chi connectivity index (χ1) is 15.6. The first-order valence-corrected chi connectivity index (χ1v) is 11.6. The molecule has 1 heterocycles. The van der Waals surface area contributed by atoms with Gasteiger partial charge in [-0.25, -0.2) is 0 Å². The SMILES string of the molecule is Cc1ccc(CSc2nncn2/N=C/c2ccccc2OCc2ccc(Cl)cc2Cl)cc1. The molecule has 0 fully saturated rings. The van der Waals surface area contributed by atoms with Gasteiger partial charge in [-0.3, -0.25) is 0 Å². The molecule has 0 radical (unpaired) electrons. The molecule has 1 aromatic heterocycles. The Hall–Kier alpha value is -2.80. The smallest absolute Gasteiger partial charge is 0.212 e. The topological polar surface area (TPSA) is 52.3 Å². The van der Waals surface area contributed by atoms with Gasteiger partial charge in [0.1, 0.15) is 18.7 Å². The molecule has 4 rings (SSSR count). The van der Waals surface area contributed by atoms with E-state index in [1.807, 2.05) is 30.3 Å². The second-order valence-corrected chi connectivity index (χ2v) is 8.83. The highest BCUT2D eigenvalue weighted by molar-refractivity contribution is 7.98. The molecule has 0 aliphatic rings. The van der Waals surface area contributed by atoms with Gasteiger partial charge in [-0.05, 0) is 36.8 Å². The molecular weight excluding hydrogens is 463 g/mol. The van der Waals surface area contributed by atoms with Crippen LogP contribution < -0.4 is 4.74 Å². The molecule has 0 atom stereocenters. The van der Waals surface area contributed by atoms with Gasteiger partial charge in [0, 0.05) is 26.9 Å². The van der Waals surface area contributed by atoms with Gasteiger partial charge in [0.15, 0.2) is 0 Å². The van der Waals surface area contributed by atoms with Gasteiger partial charge < -0.3 is 4.74 Å². The Bertz CT molecular complexity index is 1220. The summed E-state index contributed by atoms with van der Waals surface area (Å²) < 4.78 is 7.65. The Kier molecular flexibility index (Phi) is 7.47. The third-order valence-electron chi connectivity index (χ3n) is 4.63. The van der Waals surface area contributed by atoms with Crippen molar-refractivity contribution in [2.45, 2.75) is 24.4 Å². The number of thioether (sulfide) groups is 1. The van der Waals surface area contributed by atoms with Gasteiger partial charge in [-0.2, -0.15) is 9.78 Å². The molecule has 3 aromatic carbocycles. The van der Waals surface area contributed by atoms with Crippen LogP contribution in [0, 0.1) is 6.92 Å². The van der Waals surface area contributed by atoms with E-state index in [9.17, 15) is 0 Å². The van der Waals surface area contributed by atoms with Gasteiger partial charge in [-0.1, -0.05) is 83.0 Å². The molecule has 0 unspecified atom stereocenters. The fraction of sp³-hybridized carbons (Fsp3) is 0.125. The molecule has 5 nitrogen and oxygen atoms in total. The van der Waals surface area contributed by atoms with Crippen molar-refractivity contribution >= 4 is 41.2 Å². The van der Waals surface area contributed by atoms with Crippen LogP contribution in [0.5, 0.6) is 5.75 Å². The Balaban J connectivity index is 1.44. The Morgan fingerprint density at radius 2 is 1.88 bits per heavy atom. The summed E-state index contributed by atoms with van der Waals surface area (Å²) in [7, 11) is 0. The normalized spacial score (nSPS) is 11.2. The molecule has 0 saturated heterocycles. The third kappa shape index (κ3) is 5.91. The van der Waals surface area contributed by atoms with Crippen LogP contribution in [-0.4, -0.2) is 21.1 Å². The zero-order valence-corrected chi connectivity index (χ0v) is 19.6. The fourth-order valence-electron chi connectivity index (χ4n) is 2.86. The monoisotopic (exact) mass is 482 g/mol. The lowest BCUT2D eigenvalue weighted by molar-refractivity contribution is 0.306. The van der Waals surface area contributed by atoms with E-state index in [0.717, 1.165) is 16.9 Å². The summed E-state index contributed by atoms with van der Waals surface area (Å²) in [5, 5.41) is 14.6. The maximum absolute atomic E-state index is 6.25. The van der Waals surface area contributed by atoms with Crippen LogP contribution in [0.25, 0.3) is 0 Å². The minimum absolute atomic E-state index is 0.325. The zero-order valence-electron chi connectivity index (χ0n) is 17.3. The van der Waals surface area contributed by atoms with Crippen LogP contribution in [0.1, 0.15) is 22.3 Å². The molecule has 0 aliphatic heterocycles. The van der Waals surface area contributed by atoms with E-state index < -0.39 is 0 Å². The summed E-state index contributed by atoms with van der Waals surface area (Å²) in [6, 6.07) is 21.5. The van der Waals surface area contributed by atoms with Crippen molar-refractivity contribution in [2.75, 3.05) is 0 Å². The van der Waals surface area contributed by atoms with E-state index in [1.165, 1.54) is 11.1 Å². The first-order valence-electron chi connectivity index (χ1n) is 9.87. The largest absolute Gasteiger partial charge is 0.488 e. The highest BCUT2D eigenvalue weighted by atomic mass is 35.5. The number of nitrogens with zero attached hydrogens (tertiary/aromatic N) is 4. The van der Waals surface area contributed by atoms with E-state index in [0.29, 0.717) is 27.6 Å². The van der Waals surface area contributed by atoms with E-state index in [4.69, 9.17) is 27.9 Å². The summed E-state index contributed by atoms with van der Waals surface area (Å²) >= 11 is 13.8. The maximum Gasteiger partial charge on any atom is 0.212 e. The number of hydrogen-bond acceptors (Lipinski definition) is 5.